The van der Waals surface area contributed by atoms with Gasteiger partial charge in [-0.1, -0.05) is 75.7 Å². The van der Waals surface area contributed by atoms with Crippen LogP contribution in [0.3, 0.4) is 0 Å². The molecular formula is C46H54O8. The van der Waals surface area contributed by atoms with E-state index in [2.05, 4.69) is 33.8 Å². The Hall–Kier alpha value is -4.72. The molecule has 1 aromatic heterocycles. The molecule has 0 amide bonds. The van der Waals surface area contributed by atoms with Crippen LogP contribution < -0.4 is 14.9 Å². The van der Waals surface area contributed by atoms with Crippen molar-refractivity contribution < 1.29 is 34.0 Å². The van der Waals surface area contributed by atoms with Gasteiger partial charge in [0.15, 0.2) is 28.6 Å². The number of methoxy groups -OCH3 is 2. The smallest absolute Gasteiger partial charge is 0.309 e. The second-order valence-electron chi connectivity index (χ2n) is 17.6. The Balaban J connectivity index is 0.000000184. The molecule has 4 aliphatic carbocycles. The lowest BCUT2D eigenvalue weighted by Gasteiger charge is -2.69. The van der Waals surface area contributed by atoms with Gasteiger partial charge in [0, 0.05) is 11.0 Å². The van der Waals surface area contributed by atoms with E-state index in [0.717, 1.165) is 68.1 Å². The van der Waals surface area contributed by atoms with Crippen molar-refractivity contribution >= 4 is 16.9 Å². The van der Waals surface area contributed by atoms with Crippen molar-refractivity contribution in [3.63, 3.8) is 0 Å². The molecule has 8 nitrogen and oxygen atoms in total. The Morgan fingerprint density at radius 3 is 2.24 bits per heavy atom. The summed E-state index contributed by atoms with van der Waals surface area (Å²) in [4.78, 5) is 24.8. The SMILES string of the molecule is COc1c(-c2ccccc2)oc2c(OC)cccc2c1=O.Cc1c(O)c(O)cc2c1CC=C1C2(C)CCC2(C)C3CC(C)(C(=O)O)CCC3(C)CCC12C. The number of phenols is 2. The number of phenolic OH excluding ortho intramolecular Hbond substituents is 2. The zero-order chi connectivity index (χ0) is 39.0. The van der Waals surface area contributed by atoms with E-state index >= 15 is 0 Å². The molecule has 8 rings (SSSR count). The summed E-state index contributed by atoms with van der Waals surface area (Å²) in [5, 5.41) is 31.3. The minimum absolute atomic E-state index is 0.00431. The van der Waals surface area contributed by atoms with E-state index in [4.69, 9.17) is 13.9 Å². The maximum atomic E-state index is 12.6. The van der Waals surface area contributed by atoms with Crippen molar-refractivity contribution in [3.05, 3.63) is 93.2 Å². The van der Waals surface area contributed by atoms with Crippen LogP contribution in [0.25, 0.3) is 22.3 Å². The summed E-state index contributed by atoms with van der Waals surface area (Å²) in [7, 11) is 3.01. The van der Waals surface area contributed by atoms with Crippen molar-refractivity contribution in [2.75, 3.05) is 14.2 Å². The first-order valence-corrected chi connectivity index (χ1v) is 19.2. The normalized spacial score (nSPS) is 31.0. The number of aromatic hydroxyl groups is 2. The number of allylic oxidation sites excluding steroid dienone is 2. The topological polar surface area (TPSA) is 126 Å². The van der Waals surface area contributed by atoms with Crippen LogP contribution in [-0.4, -0.2) is 35.5 Å². The number of hydrogen-bond donors (Lipinski definition) is 3. The van der Waals surface area contributed by atoms with Crippen molar-refractivity contribution in [2.45, 2.75) is 98.3 Å². The van der Waals surface area contributed by atoms with E-state index in [1.807, 2.05) is 50.2 Å². The third-order valence-electron chi connectivity index (χ3n) is 14.9. The Kier molecular flexibility index (Phi) is 9.02. The highest BCUT2D eigenvalue weighted by atomic mass is 16.5. The standard InChI is InChI=1S/C29H40O4.C17H14O4/c1-17-18-7-8-21-27(4,19(18)15-20(30)23(17)31)12-14-29(6)22-16-26(3,24(32)33)10-9-25(22,2)11-13-28(21,29)5;1-19-13-10-6-9-12-14(18)17(20-2)15(21-16(12)13)11-7-4-3-5-8-11/h8,15,22,30-31H,7,9-14,16H2,1-6H3,(H,32,33);3-10H,1-2H3. The summed E-state index contributed by atoms with van der Waals surface area (Å²) in [6, 6.07) is 16.4. The van der Waals surface area contributed by atoms with Crippen LogP contribution in [0, 0.1) is 34.5 Å². The van der Waals surface area contributed by atoms with E-state index < -0.39 is 11.4 Å². The van der Waals surface area contributed by atoms with Crippen LogP contribution in [-0.2, 0) is 16.6 Å². The first-order chi connectivity index (χ1) is 25.5. The molecule has 3 N–H and O–H groups in total. The molecule has 3 aromatic carbocycles. The zero-order valence-corrected chi connectivity index (χ0v) is 32.9. The van der Waals surface area contributed by atoms with Gasteiger partial charge in [0.25, 0.3) is 0 Å². The van der Waals surface area contributed by atoms with Crippen LogP contribution in [0.4, 0.5) is 0 Å². The van der Waals surface area contributed by atoms with Gasteiger partial charge >= 0.3 is 5.97 Å². The number of rotatable bonds is 4. The molecule has 4 aliphatic rings. The third kappa shape index (κ3) is 5.37. The number of carboxylic acid groups (broad SMARTS) is 1. The summed E-state index contributed by atoms with van der Waals surface area (Å²) in [5.74, 6) is 0.835. The number of carboxylic acids is 1. The molecule has 0 spiro atoms. The number of carbonyl (C=O) groups is 1. The molecule has 0 bridgehead atoms. The van der Waals surface area contributed by atoms with Crippen LogP contribution in [0.1, 0.15) is 96.3 Å². The molecular weight excluding hydrogens is 680 g/mol. The molecule has 0 radical (unpaired) electrons. The fraction of sp³-hybridized carbons (Fsp3) is 0.478. The van der Waals surface area contributed by atoms with Crippen molar-refractivity contribution in [2.24, 2.45) is 27.6 Å². The van der Waals surface area contributed by atoms with Gasteiger partial charge < -0.3 is 29.2 Å². The second kappa shape index (κ2) is 13.0. The molecule has 286 valence electrons. The average molecular weight is 735 g/mol. The van der Waals surface area contributed by atoms with Gasteiger partial charge in [-0.15, -0.1) is 0 Å². The lowest BCUT2D eigenvalue weighted by atomic mass is 9.34. The maximum absolute atomic E-state index is 12.6. The second-order valence-corrected chi connectivity index (χ2v) is 17.6. The molecule has 4 aromatic rings. The van der Waals surface area contributed by atoms with Gasteiger partial charge in [-0.05, 0) is 122 Å². The average Bonchev–Trinajstić information content (AvgIpc) is 3.16. The number of hydrogen-bond acceptors (Lipinski definition) is 7. The van der Waals surface area contributed by atoms with Gasteiger partial charge in [-0.2, -0.15) is 0 Å². The minimum Gasteiger partial charge on any atom is -0.504 e. The highest BCUT2D eigenvalue weighted by Gasteiger charge is 2.67. The van der Waals surface area contributed by atoms with E-state index in [-0.39, 0.29) is 44.3 Å². The van der Waals surface area contributed by atoms with Gasteiger partial charge in [0.1, 0.15) is 0 Å². The van der Waals surface area contributed by atoms with Gasteiger partial charge in [0.05, 0.1) is 25.0 Å². The largest absolute Gasteiger partial charge is 0.504 e. The van der Waals surface area contributed by atoms with Crippen molar-refractivity contribution in [3.8, 4) is 34.3 Å². The van der Waals surface area contributed by atoms with E-state index in [0.29, 0.717) is 28.4 Å². The Bertz CT molecular complexity index is 2240. The zero-order valence-electron chi connectivity index (χ0n) is 32.9. The van der Waals surface area contributed by atoms with E-state index in [9.17, 15) is 24.9 Å². The number of ether oxygens (including phenoxy) is 2. The molecule has 6 unspecified atom stereocenters. The van der Waals surface area contributed by atoms with Crippen molar-refractivity contribution in [1.29, 1.82) is 0 Å². The minimum atomic E-state index is -0.641. The fourth-order valence-corrected chi connectivity index (χ4v) is 11.2. The Morgan fingerprint density at radius 1 is 0.870 bits per heavy atom. The molecule has 1 heterocycles. The predicted octanol–water partition coefficient (Wildman–Crippen LogP) is 10.1. The van der Waals surface area contributed by atoms with Crippen LogP contribution >= 0.6 is 0 Å². The first kappa shape index (κ1) is 37.6. The van der Waals surface area contributed by atoms with E-state index in [1.165, 1.54) is 18.2 Å². The van der Waals surface area contributed by atoms with E-state index in [1.54, 1.807) is 25.3 Å². The summed E-state index contributed by atoms with van der Waals surface area (Å²) < 4.78 is 16.5. The molecule has 6 atom stereocenters. The summed E-state index contributed by atoms with van der Waals surface area (Å²) >= 11 is 0. The molecule has 54 heavy (non-hydrogen) atoms. The lowest BCUT2D eigenvalue weighted by Crippen LogP contribution is -2.62. The first-order valence-electron chi connectivity index (χ1n) is 19.2. The molecule has 0 aliphatic heterocycles. The molecule has 3 saturated carbocycles. The Morgan fingerprint density at radius 2 is 1.57 bits per heavy atom. The molecule has 0 saturated heterocycles. The number of aliphatic carboxylic acids is 1. The highest BCUT2D eigenvalue weighted by Crippen LogP contribution is 2.74. The number of para-hydroxylation sites is 1. The van der Waals surface area contributed by atoms with Gasteiger partial charge in [-0.3, -0.25) is 9.59 Å². The summed E-state index contributed by atoms with van der Waals surface area (Å²) in [6.07, 6.45) is 10.0. The van der Waals surface area contributed by atoms with Crippen LogP contribution in [0.2, 0.25) is 0 Å². The molecule has 3 fully saturated rings. The highest BCUT2D eigenvalue weighted by molar-refractivity contribution is 5.86. The Labute approximate surface area is 317 Å². The predicted molar refractivity (Wildman–Crippen MR) is 211 cm³/mol. The number of fused-ring (bicyclic) bond motifs is 8. The third-order valence-corrected chi connectivity index (χ3v) is 14.9. The van der Waals surface area contributed by atoms with Crippen LogP contribution in [0.15, 0.2) is 75.5 Å². The quantitative estimate of drug-likeness (QED) is 0.140. The lowest BCUT2D eigenvalue weighted by molar-refractivity contribution is -0.177. The van der Waals surface area contributed by atoms with Gasteiger partial charge in [0.2, 0.25) is 11.2 Å². The van der Waals surface area contributed by atoms with Crippen LogP contribution in [0.5, 0.6) is 23.0 Å². The van der Waals surface area contributed by atoms with Crippen molar-refractivity contribution in [1.82, 2.24) is 0 Å². The fourth-order valence-electron chi connectivity index (χ4n) is 11.2. The molecule has 8 heteroatoms. The summed E-state index contributed by atoms with van der Waals surface area (Å²) in [6.45, 7) is 13.5. The van der Waals surface area contributed by atoms with Gasteiger partial charge in [-0.25, -0.2) is 0 Å². The number of benzene rings is 3. The summed E-state index contributed by atoms with van der Waals surface area (Å²) in [5.41, 5.74) is 4.99. The monoisotopic (exact) mass is 734 g/mol. The maximum Gasteiger partial charge on any atom is 0.309 e.